The molecule has 0 aromatic heterocycles. The van der Waals surface area contributed by atoms with Crippen LogP contribution < -0.4 is 5.32 Å². The van der Waals surface area contributed by atoms with Crippen molar-refractivity contribution in [3.8, 4) is 0 Å². The molecule has 0 unspecified atom stereocenters. The molecule has 0 radical (unpaired) electrons. The van der Waals surface area contributed by atoms with Gasteiger partial charge in [0, 0.05) is 10.7 Å². The Kier molecular flexibility index (Phi) is 5.05. The van der Waals surface area contributed by atoms with Crippen LogP contribution in [-0.4, -0.2) is 31.7 Å². The number of amides is 1. The highest BCUT2D eigenvalue weighted by Crippen LogP contribution is 2.19. The van der Waals surface area contributed by atoms with E-state index in [0.29, 0.717) is 17.3 Å². The fourth-order valence-corrected chi connectivity index (χ4v) is 1.86. The van der Waals surface area contributed by atoms with E-state index >= 15 is 0 Å². The molecule has 0 saturated carbocycles. The zero-order chi connectivity index (χ0) is 15.2. The third-order valence-corrected chi connectivity index (χ3v) is 2.88. The Morgan fingerprint density at radius 2 is 2.19 bits per heavy atom. The maximum absolute atomic E-state index is 11.7. The highest BCUT2D eigenvalue weighted by molar-refractivity contribution is 6.30. The summed E-state index contributed by atoms with van der Waals surface area (Å²) in [5, 5.41) is 3.21. The van der Waals surface area contributed by atoms with Crippen LogP contribution in [0.1, 0.15) is 5.56 Å². The van der Waals surface area contributed by atoms with Crippen LogP contribution in [0.25, 0.3) is 0 Å². The van der Waals surface area contributed by atoms with E-state index in [1.165, 1.54) is 6.26 Å². The van der Waals surface area contributed by atoms with Crippen LogP contribution in [0.3, 0.4) is 0 Å². The number of halogens is 1. The Bertz CT molecular complexity index is 585. The summed E-state index contributed by atoms with van der Waals surface area (Å²) in [5.74, 6) is -1.24. The van der Waals surface area contributed by atoms with Crippen molar-refractivity contribution < 1.29 is 23.8 Å². The zero-order valence-electron chi connectivity index (χ0n) is 11.3. The van der Waals surface area contributed by atoms with E-state index < -0.39 is 18.5 Å². The van der Waals surface area contributed by atoms with Gasteiger partial charge in [0.1, 0.15) is 19.5 Å². The predicted molar refractivity (Wildman–Crippen MR) is 75.8 cm³/mol. The molecule has 2 rings (SSSR count). The van der Waals surface area contributed by atoms with Crippen LogP contribution in [0.4, 0.5) is 5.69 Å². The Morgan fingerprint density at radius 3 is 2.86 bits per heavy atom. The maximum atomic E-state index is 11.7. The molecule has 7 heteroatoms. The van der Waals surface area contributed by atoms with Crippen LogP contribution in [-0.2, 0) is 23.8 Å². The van der Waals surface area contributed by atoms with E-state index in [4.69, 9.17) is 25.8 Å². The number of carbonyl (C=O) groups is 2. The lowest BCUT2D eigenvalue weighted by atomic mass is 10.2. The van der Waals surface area contributed by atoms with Gasteiger partial charge in [-0.1, -0.05) is 11.6 Å². The molecule has 6 nitrogen and oxygen atoms in total. The molecular weight excluding hydrogens is 298 g/mol. The largest absolute Gasteiger partial charge is 0.493 e. The molecule has 0 saturated heterocycles. The van der Waals surface area contributed by atoms with Gasteiger partial charge in [-0.05, 0) is 30.7 Å². The Morgan fingerprint density at radius 1 is 1.38 bits per heavy atom. The zero-order valence-corrected chi connectivity index (χ0v) is 12.1. The molecule has 0 spiro atoms. The minimum absolute atomic E-state index is 0.0447. The third kappa shape index (κ3) is 4.39. The van der Waals surface area contributed by atoms with E-state index in [1.807, 2.05) is 6.92 Å². The minimum Gasteiger partial charge on any atom is -0.493 e. The van der Waals surface area contributed by atoms with Crippen molar-refractivity contribution >= 4 is 29.2 Å². The lowest BCUT2D eigenvalue weighted by molar-refractivity contribution is -0.148. The van der Waals surface area contributed by atoms with Gasteiger partial charge in [-0.25, -0.2) is 4.79 Å². The molecule has 0 fully saturated rings. The van der Waals surface area contributed by atoms with Gasteiger partial charge in [0.05, 0.1) is 0 Å². The molecule has 1 aromatic rings. The van der Waals surface area contributed by atoms with Crippen molar-refractivity contribution in [2.75, 3.05) is 25.1 Å². The first kappa shape index (κ1) is 15.2. The number of hydrogen-bond acceptors (Lipinski definition) is 5. The number of carbonyl (C=O) groups excluding carboxylic acids is 2. The topological polar surface area (TPSA) is 73.9 Å². The first-order valence-corrected chi connectivity index (χ1v) is 6.62. The highest BCUT2D eigenvalue weighted by atomic mass is 35.5. The molecule has 1 aromatic carbocycles. The molecule has 112 valence electrons. The number of rotatable bonds is 4. The molecule has 0 aliphatic carbocycles. The van der Waals surface area contributed by atoms with Crippen molar-refractivity contribution in [1.82, 2.24) is 0 Å². The van der Waals surface area contributed by atoms with Crippen molar-refractivity contribution in [2.45, 2.75) is 6.92 Å². The average Bonchev–Trinajstić information content (AvgIpc) is 2.48. The summed E-state index contributed by atoms with van der Waals surface area (Å²) in [7, 11) is 0. The Labute approximate surface area is 126 Å². The van der Waals surface area contributed by atoms with Gasteiger partial charge in [-0.2, -0.15) is 0 Å². The van der Waals surface area contributed by atoms with Crippen molar-refractivity contribution in [3.63, 3.8) is 0 Å². The van der Waals surface area contributed by atoms with Crippen LogP contribution >= 0.6 is 11.6 Å². The second-order valence-corrected chi connectivity index (χ2v) is 4.72. The van der Waals surface area contributed by atoms with Gasteiger partial charge in [-0.3, -0.25) is 4.79 Å². The summed E-state index contributed by atoms with van der Waals surface area (Å²) in [4.78, 5) is 23.3. The Balaban J connectivity index is 1.84. The number of anilines is 1. The molecule has 0 atom stereocenters. The van der Waals surface area contributed by atoms with Crippen molar-refractivity contribution in [3.05, 3.63) is 40.8 Å². The summed E-state index contributed by atoms with van der Waals surface area (Å²) in [6.07, 6.45) is 1.17. The van der Waals surface area contributed by atoms with Gasteiger partial charge in [0.2, 0.25) is 5.76 Å². The molecule has 1 aliphatic rings. The van der Waals surface area contributed by atoms with E-state index in [-0.39, 0.29) is 12.4 Å². The SMILES string of the molecule is Cc1cc(Cl)ccc1NC(=O)COC(=O)C1=COCCO1. The number of nitrogens with one attached hydrogen (secondary N) is 1. The number of benzene rings is 1. The lowest BCUT2D eigenvalue weighted by Crippen LogP contribution is -2.24. The number of aryl methyl sites for hydroxylation is 1. The third-order valence-electron chi connectivity index (χ3n) is 2.65. The smallest absolute Gasteiger partial charge is 0.377 e. The van der Waals surface area contributed by atoms with Gasteiger partial charge >= 0.3 is 5.97 Å². The minimum atomic E-state index is -0.738. The second kappa shape index (κ2) is 6.99. The first-order chi connectivity index (χ1) is 10.1. The number of esters is 1. The molecule has 21 heavy (non-hydrogen) atoms. The van der Waals surface area contributed by atoms with E-state index in [9.17, 15) is 9.59 Å². The van der Waals surface area contributed by atoms with Crippen LogP contribution in [0.2, 0.25) is 5.02 Å². The normalized spacial score (nSPS) is 13.5. The fourth-order valence-electron chi connectivity index (χ4n) is 1.63. The van der Waals surface area contributed by atoms with E-state index in [2.05, 4.69) is 5.32 Å². The number of hydrogen-bond donors (Lipinski definition) is 1. The average molecular weight is 312 g/mol. The Hall–Kier alpha value is -2.21. The van der Waals surface area contributed by atoms with Crippen LogP contribution in [0.15, 0.2) is 30.2 Å². The lowest BCUT2D eigenvalue weighted by Gasteiger charge is -2.14. The first-order valence-electron chi connectivity index (χ1n) is 6.24. The fraction of sp³-hybridized carbons (Fsp3) is 0.286. The van der Waals surface area contributed by atoms with Gasteiger partial charge < -0.3 is 19.5 Å². The molecule has 0 bridgehead atoms. The summed E-state index contributed by atoms with van der Waals surface area (Å²) >= 11 is 5.83. The summed E-state index contributed by atoms with van der Waals surface area (Å²) in [6, 6.07) is 5.06. The summed E-state index contributed by atoms with van der Waals surface area (Å²) in [6.45, 7) is 2.05. The molecule has 1 amide bonds. The summed E-state index contributed by atoms with van der Waals surface area (Å²) < 4.78 is 14.8. The second-order valence-electron chi connectivity index (χ2n) is 4.28. The van der Waals surface area contributed by atoms with E-state index in [1.54, 1.807) is 18.2 Å². The van der Waals surface area contributed by atoms with Crippen LogP contribution in [0.5, 0.6) is 0 Å². The number of ether oxygens (including phenoxy) is 3. The van der Waals surface area contributed by atoms with Crippen LogP contribution in [0, 0.1) is 6.92 Å². The van der Waals surface area contributed by atoms with Crippen molar-refractivity contribution in [2.24, 2.45) is 0 Å². The van der Waals surface area contributed by atoms with Gasteiger partial charge in [-0.15, -0.1) is 0 Å². The molecule has 1 heterocycles. The van der Waals surface area contributed by atoms with Crippen molar-refractivity contribution in [1.29, 1.82) is 0 Å². The molecule has 1 aliphatic heterocycles. The summed E-state index contributed by atoms with van der Waals surface area (Å²) in [5.41, 5.74) is 1.42. The van der Waals surface area contributed by atoms with Gasteiger partial charge in [0.15, 0.2) is 6.61 Å². The quantitative estimate of drug-likeness (QED) is 0.861. The monoisotopic (exact) mass is 311 g/mol. The molecule has 1 N–H and O–H groups in total. The standard InChI is InChI=1S/C14H14ClNO5/c1-9-6-10(15)2-3-11(9)16-13(17)8-21-14(18)12-7-19-4-5-20-12/h2-3,6-7H,4-5,8H2,1H3,(H,16,17). The predicted octanol–water partition coefficient (Wildman–Crippen LogP) is 2.02. The highest BCUT2D eigenvalue weighted by Gasteiger charge is 2.18. The maximum Gasteiger partial charge on any atom is 0.377 e. The van der Waals surface area contributed by atoms with E-state index in [0.717, 1.165) is 5.56 Å². The molecular formula is C14H14ClNO5. The van der Waals surface area contributed by atoms with Gasteiger partial charge in [0.25, 0.3) is 5.91 Å².